The van der Waals surface area contributed by atoms with Gasteiger partial charge in [0.1, 0.15) is 0 Å². The van der Waals surface area contributed by atoms with Crippen LogP contribution in [0.25, 0.3) is 0 Å². The number of rotatable bonds is 12. The Hall–Kier alpha value is -1.26. The van der Waals surface area contributed by atoms with Gasteiger partial charge in [0.15, 0.2) is 0 Å². The normalized spacial score (nSPS) is 11.4. The highest BCUT2D eigenvalue weighted by Crippen LogP contribution is 2.32. The Labute approximate surface area is 168 Å². The monoisotopic (exact) mass is 507 g/mol. The van der Waals surface area contributed by atoms with Crippen molar-refractivity contribution in [3.63, 3.8) is 0 Å². The zero-order valence-corrected chi connectivity index (χ0v) is 17.7. The second kappa shape index (κ2) is 16.4. The van der Waals surface area contributed by atoms with E-state index in [9.17, 15) is 28.1 Å². The first-order valence-corrected chi connectivity index (χ1v) is 12.6. The average molecular weight is 507 g/mol. The molecule has 0 atom stereocenters. The summed E-state index contributed by atoms with van der Waals surface area (Å²) in [6.07, 6.45) is -1.79. The van der Waals surface area contributed by atoms with Gasteiger partial charge in [0.05, 0.1) is 38.5 Å². The molecule has 0 aromatic carbocycles. The van der Waals surface area contributed by atoms with Crippen LogP contribution in [0.5, 0.6) is 0 Å². The lowest BCUT2D eigenvalue weighted by atomic mass is 10.7. The Morgan fingerprint density at radius 3 is 0.767 bits per heavy atom. The first-order chi connectivity index (χ1) is 13.2. The lowest BCUT2D eigenvalue weighted by Gasteiger charge is -2.02. The van der Waals surface area contributed by atoms with Crippen LogP contribution in [-0.4, -0.2) is 101 Å². The minimum absolute atomic E-state index is 0.439. The average Bonchev–Trinajstić information content (AvgIpc) is 2.42. The summed E-state index contributed by atoms with van der Waals surface area (Å²) < 4.78 is 30.2. The first kappa shape index (κ1) is 33.4. The summed E-state index contributed by atoms with van der Waals surface area (Å²) in [6, 6.07) is 0. The smallest absolute Gasteiger partial charge is 0.339 e. The summed E-state index contributed by atoms with van der Waals surface area (Å²) in [4.78, 5) is 78.4. The predicted molar refractivity (Wildman–Crippen MR) is 97.6 cm³/mol. The third kappa shape index (κ3) is 45.5. The van der Waals surface area contributed by atoms with Crippen LogP contribution < -0.4 is 16.0 Å². The second-order valence-electron chi connectivity index (χ2n) is 4.93. The molecule has 0 heterocycles. The van der Waals surface area contributed by atoms with Crippen molar-refractivity contribution < 1.29 is 72.8 Å². The summed E-state index contributed by atoms with van der Waals surface area (Å²) in [6.45, 7) is -1.32. The molecule has 0 radical (unpaired) electrons. The molecule has 180 valence electrons. The van der Waals surface area contributed by atoms with Gasteiger partial charge in [-0.3, -0.25) is 44.0 Å². The van der Waals surface area contributed by atoms with E-state index in [4.69, 9.17) is 44.7 Å². The minimum Gasteiger partial charge on any atom is -0.480 e. The highest BCUT2D eigenvalue weighted by atomic mass is 31.2. The Morgan fingerprint density at radius 1 is 0.500 bits per heavy atom. The Balaban J connectivity index is -0.000000364. The SMILES string of the molecule is O=C(O)CNCP(=O)(O)O.O=C(O)CNCP(=O)(O)O.O=C(O)CNCP(=O)(O)O. The van der Waals surface area contributed by atoms with Crippen molar-refractivity contribution in [2.75, 3.05) is 38.5 Å². The molecule has 0 saturated carbocycles. The molecular weight excluding hydrogens is 483 g/mol. The van der Waals surface area contributed by atoms with Crippen LogP contribution in [0, 0.1) is 0 Å². The third-order valence-electron chi connectivity index (χ3n) is 1.78. The lowest BCUT2D eigenvalue weighted by Crippen LogP contribution is -2.23. The van der Waals surface area contributed by atoms with Crippen LogP contribution in [0.2, 0.25) is 0 Å². The van der Waals surface area contributed by atoms with E-state index in [0.29, 0.717) is 0 Å². The molecule has 12 N–H and O–H groups in total. The van der Waals surface area contributed by atoms with Gasteiger partial charge in [-0.05, 0) is 0 Å². The molecule has 0 bridgehead atoms. The highest BCUT2D eigenvalue weighted by Gasteiger charge is 2.13. The summed E-state index contributed by atoms with van der Waals surface area (Å²) in [5.41, 5.74) is 0. The molecule has 30 heavy (non-hydrogen) atoms. The molecule has 0 aliphatic carbocycles. The predicted octanol–water partition coefficient (Wildman–Crippen LogP) is -3.61. The molecular formula is C9H24N3O15P3. The molecule has 18 nitrogen and oxygen atoms in total. The largest absolute Gasteiger partial charge is 0.480 e. The van der Waals surface area contributed by atoms with Crippen molar-refractivity contribution in [1.82, 2.24) is 16.0 Å². The maximum Gasteiger partial charge on any atom is 0.339 e. The summed E-state index contributed by atoms with van der Waals surface area (Å²) in [5, 5.41) is 30.2. The van der Waals surface area contributed by atoms with Crippen LogP contribution in [0.3, 0.4) is 0 Å². The van der Waals surface area contributed by atoms with Crippen molar-refractivity contribution in [3.8, 4) is 0 Å². The summed E-state index contributed by atoms with van der Waals surface area (Å²) in [5.74, 6) is -3.43. The topological polar surface area (TPSA) is 321 Å². The molecule has 0 rings (SSSR count). The number of aliphatic carboxylic acids is 3. The van der Waals surface area contributed by atoms with Gasteiger partial charge >= 0.3 is 40.7 Å². The lowest BCUT2D eigenvalue weighted by molar-refractivity contribution is -0.136. The van der Waals surface area contributed by atoms with E-state index in [2.05, 4.69) is 16.0 Å². The standard InChI is InChI=1S/3C3H8NO5P/c3*5-3(6)1-4-2-10(7,8)9/h3*4H,1-2H2,(H,5,6)(H2,7,8,9). The maximum atomic E-state index is 10.1. The molecule has 0 amide bonds. The van der Waals surface area contributed by atoms with Gasteiger partial charge in [0.2, 0.25) is 0 Å². The molecule has 0 aromatic heterocycles. The number of hydrogen-bond donors (Lipinski definition) is 12. The molecule has 0 aromatic rings. The van der Waals surface area contributed by atoms with Crippen molar-refractivity contribution in [3.05, 3.63) is 0 Å². The fourth-order valence-corrected chi connectivity index (χ4v) is 2.13. The van der Waals surface area contributed by atoms with Crippen LogP contribution in [0.15, 0.2) is 0 Å². The molecule has 0 spiro atoms. The molecule has 0 unspecified atom stereocenters. The molecule has 0 saturated heterocycles. The quantitative estimate of drug-likeness (QED) is 0.113. The molecule has 0 aliphatic heterocycles. The van der Waals surface area contributed by atoms with Gasteiger partial charge in [-0.1, -0.05) is 0 Å². The Morgan fingerprint density at radius 2 is 0.667 bits per heavy atom. The van der Waals surface area contributed by atoms with Gasteiger partial charge in [-0.25, -0.2) is 0 Å². The Kier molecular flexibility index (Phi) is 18.3. The van der Waals surface area contributed by atoms with Crippen molar-refractivity contribution >= 4 is 40.7 Å². The van der Waals surface area contributed by atoms with E-state index in [1.54, 1.807) is 0 Å². The van der Waals surface area contributed by atoms with Gasteiger partial charge in [-0.15, -0.1) is 0 Å². The molecule has 21 heteroatoms. The molecule has 0 aliphatic rings. The zero-order chi connectivity index (χ0) is 24.6. The number of carboxylic acids is 3. The zero-order valence-electron chi connectivity index (χ0n) is 15.1. The number of carbonyl (C=O) groups is 3. The minimum atomic E-state index is -4.10. The van der Waals surface area contributed by atoms with E-state index in [1.807, 2.05) is 0 Å². The van der Waals surface area contributed by atoms with E-state index in [0.717, 1.165) is 0 Å². The number of hydrogen-bond acceptors (Lipinski definition) is 9. The first-order valence-electron chi connectivity index (χ1n) is 7.16. The maximum absolute atomic E-state index is 10.1. The second-order valence-corrected chi connectivity index (χ2v) is 9.87. The van der Waals surface area contributed by atoms with Crippen molar-refractivity contribution in [1.29, 1.82) is 0 Å². The molecule has 0 fully saturated rings. The van der Waals surface area contributed by atoms with Crippen LogP contribution in [0.1, 0.15) is 0 Å². The van der Waals surface area contributed by atoms with E-state index >= 15 is 0 Å². The van der Waals surface area contributed by atoms with Crippen molar-refractivity contribution in [2.45, 2.75) is 0 Å². The van der Waals surface area contributed by atoms with E-state index < -0.39 is 79.2 Å². The van der Waals surface area contributed by atoms with Crippen LogP contribution >= 0.6 is 22.8 Å². The summed E-state index contributed by atoms with van der Waals surface area (Å²) in [7, 11) is -12.3. The van der Waals surface area contributed by atoms with E-state index in [1.165, 1.54) is 0 Å². The Bertz CT molecular complexity index is 577. The van der Waals surface area contributed by atoms with Gasteiger partial charge < -0.3 is 44.7 Å². The third-order valence-corrected chi connectivity index (χ3v) is 3.69. The number of carboxylic acid groups (broad SMARTS) is 3. The van der Waals surface area contributed by atoms with Crippen molar-refractivity contribution in [2.24, 2.45) is 0 Å². The fourth-order valence-electron chi connectivity index (χ4n) is 0.925. The fraction of sp³-hybridized carbons (Fsp3) is 0.667. The van der Waals surface area contributed by atoms with Crippen LogP contribution in [0.4, 0.5) is 0 Å². The number of nitrogens with one attached hydrogen (secondary N) is 3. The summed E-state index contributed by atoms with van der Waals surface area (Å²) >= 11 is 0. The van der Waals surface area contributed by atoms with Gasteiger partial charge in [-0.2, -0.15) is 0 Å². The van der Waals surface area contributed by atoms with E-state index in [-0.39, 0.29) is 0 Å². The van der Waals surface area contributed by atoms with Gasteiger partial charge in [0.25, 0.3) is 0 Å². The van der Waals surface area contributed by atoms with Crippen LogP contribution in [-0.2, 0) is 28.1 Å². The highest BCUT2D eigenvalue weighted by molar-refractivity contribution is 7.52. The van der Waals surface area contributed by atoms with Gasteiger partial charge in [0, 0.05) is 0 Å².